The van der Waals surface area contributed by atoms with E-state index < -0.39 is 5.82 Å². The first-order valence-electron chi connectivity index (χ1n) is 6.33. The van der Waals surface area contributed by atoms with E-state index in [4.69, 9.17) is 10.5 Å². The number of carbonyl (C=O) groups excluding carboxylic acids is 1. The molecule has 1 aromatic carbocycles. The van der Waals surface area contributed by atoms with E-state index in [-0.39, 0.29) is 23.6 Å². The molecule has 1 rings (SSSR count). The molecule has 3 N–H and O–H groups in total. The summed E-state index contributed by atoms with van der Waals surface area (Å²) in [5.41, 5.74) is 5.70. The van der Waals surface area contributed by atoms with Crippen molar-refractivity contribution in [2.24, 2.45) is 0 Å². The predicted molar refractivity (Wildman–Crippen MR) is 74.4 cm³/mol. The van der Waals surface area contributed by atoms with Gasteiger partial charge < -0.3 is 15.8 Å². The predicted octanol–water partition coefficient (Wildman–Crippen LogP) is 2.94. The van der Waals surface area contributed by atoms with Crippen molar-refractivity contribution < 1.29 is 13.9 Å². The summed E-state index contributed by atoms with van der Waals surface area (Å²) in [5, 5.41) is 2.65. The zero-order valence-electron chi connectivity index (χ0n) is 11.6. The average molecular weight is 268 g/mol. The third kappa shape index (κ3) is 5.26. The van der Waals surface area contributed by atoms with E-state index in [9.17, 15) is 9.18 Å². The fourth-order valence-electron chi connectivity index (χ4n) is 1.37. The number of hydrogen-bond acceptors (Lipinski definition) is 3. The topological polar surface area (TPSA) is 64.3 Å². The van der Waals surface area contributed by atoms with Gasteiger partial charge in [-0.05, 0) is 38.5 Å². The van der Waals surface area contributed by atoms with E-state index in [1.807, 2.05) is 20.8 Å². The number of nitrogens with one attached hydrogen (secondary N) is 1. The molecule has 0 aliphatic rings. The summed E-state index contributed by atoms with van der Waals surface area (Å²) in [5.74, 6) is -0.677. The monoisotopic (exact) mass is 268 g/mol. The fraction of sp³-hybridized carbons (Fsp3) is 0.500. The van der Waals surface area contributed by atoms with Gasteiger partial charge in [-0.25, -0.2) is 4.39 Å². The quantitative estimate of drug-likeness (QED) is 0.780. The van der Waals surface area contributed by atoms with Crippen LogP contribution in [-0.2, 0) is 9.53 Å². The summed E-state index contributed by atoms with van der Waals surface area (Å²) in [7, 11) is 0. The molecule has 0 radical (unpaired) electrons. The van der Waals surface area contributed by atoms with Gasteiger partial charge in [-0.3, -0.25) is 4.79 Å². The Labute approximate surface area is 113 Å². The van der Waals surface area contributed by atoms with Gasteiger partial charge in [0.05, 0.1) is 24.3 Å². The Morgan fingerprint density at radius 3 is 2.74 bits per heavy atom. The van der Waals surface area contributed by atoms with Crippen molar-refractivity contribution in [2.75, 3.05) is 17.7 Å². The molecule has 0 spiro atoms. The summed E-state index contributed by atoms with van der Waals surface area (Å²) in [6.07, 6.45) is 1.13. The Kier molecular flexibility index (Phi) is 5.30. The molecule has 0 aliphatic heterocycles. The first-order valence-corrected chi connectivity index (χ1v) is 6.33. The largest absolute Gasteiger partial charge is 0.396 e. The van der Waals surface area contributed by atoms with Gasteiger partial charge in [0.15, 0.2) is 0 Å². The van der Waals surface area contributed by atoms with Crippen molar-refractivity contribution in [3.8, 4) is 0 Å². The van der Waals surface area contributed by atoms with Gasteiger partial charge >= 0.3 is 0 Å². The highest BCUT2D eigenvalue weighted by Gasteiger charge is 2.15. The highest BCUT2D eigenvalue weighted by atomic mass is 19.1. The molecule has 106 valence electrons. The van der Waals surface area contributed by atoms with Crippen LogP contribution in [0.5, 0.6) is 0 Å². The Morgan fingerprint density at radius 1 is 1.47 bits per heavy atom. The van der Waals surface area contributed by atoms with Crippen molar-refractivity contribution in [1.82, 2.24) is 0 Å². The van der Waals surface area contributed by atoms with Gasteiger partial charge in [0, 0.05) is 5.69 Å². The van der Waals surface area contributed by atoms with Crippen LogP contribution in [0.25, 0.3) is 0 Å². The van der Waals surface area contributed by atoms with Crippen molar-refractivity contribution >= 4 is 17.3 Å². The molecular formula is C14H21FN2O2. The number of rotatable bonds is 6. The summed E-state index contributed by atoms with van der Waals surface area (Å²) < 4.78 is 18.5. The molecule has 0 aromatic heterocycles. The van der Waals surface area contributed by atoms with Gasteiger partial charge in [0.2, 0.25) is 5.91 Å². The van der Waals surface area contributed by atoms with Crippen LogP contribution in [0.4, 0.5) is 15.8 Å². The van der Waals surface area contributed by atoms with Crippen LogP contribution >= 0.6 is 0 Å². The minimum Gasteiger partial charge on any atom is -0.396 e. The zero-order chi connectivity index (χ0) is 14.5. The summed E-state index contributed by atoms with van der Waals surface area (Å²) in [6.45, 7) is 6.34. The standard InChI is InChI=1S/C14H21FN2O2/c1-4-14(2,3)19-8-7-13(18)17-10-5-6-11(15)12(16)9-10/h5-6,9H,4,7-8,16H2,1-3H3,(H,17,18). The van der Waals surface area contributed by atoms with Gasteiger partial charge in [-0.15, -0.1) is 0 Å². The lowest BCUT2D eigenvalue weighted by Gasteiger charge is -2.23. The number of halogens is 1. The highest BCUT2D eigenvalue weighted by molar-refractivity contribution is 5.91. The number of nitrogens with two attached hydrogens (primary N) is 1. The van der Waals surface area contributed by atoms with Gasteiger partial charge in [0.25, 0.3) is 0 Å². The minimum absolute atomic E-state index is 0.0150. The Hall–Kier alpha value is -1.62. The van der Waals surface area contributed by atoms with E-state index in [0.29, 0.717) is 12.3 Å². The second-order valence-corrected chi connectivity index (χ2v) is 5.00. The molecular weight excluding hydrogens is 247 g/mol. The van der Waals surface area contributed by atoms with Crippen LogP contribution in [-0.4, -0.2) is 18.1 Å². The fourth-order valence-corrected chi connectivity index (χ4v) is 1.37. The first kappa shape index (κ1) is 15.4. The summed E-state index contributed by atoms with van der Waals surface area (Å²) >= 11 is 0. The number of ether oxygens (including phenoxy) is 1. The lowest BCUT2D eigenvalue weighted by molar-refractivity contribution is -0.118. The summed E-state index contributed by atoms with van der Waals surface area (Å²) in [4.78, 5) is 11.7. The number of anilines is 2. The molecule has 0 unspecified atom stereocenters. The molecule has 1 amide bonds. The Balaban J connectivity index is 2.41. The van der Waals surface area contributed by atoms with Crippen LogP contribution in [0.3, 0.4) is 0 Å². The van der Waals surface area contributed by atoms with E-state index in [1.54, 1.807) is 0 Å². The van der Waals surface area contributed by atoms with Crippen molar-refractivity contribution in [3.05, 3.63) is 24.0 Å². The average Bonchev–Trinajstić information content (AvgIpc) is 2.33. The zero-order valence-corrected chi connectivity index (χ0v) is 11.6. The van der Waals surface area contributed by atoms with Crippen molar-refractivity contribution in [1.29, 1.82) is 0 Å². The number of nitrogen functional groups attached to an aromatic ring is 1. The number of benzene rings is 1. The normalized spacial score (nSPS) is 11.4. The van der Waals surface area contributed by atoms with Crippen LogP contribution in [0, 0.1) is 5.82 Å². The number of amides is 1. The maximum absolute atomic E-state index is 13.0. The Bertz CT molecular complexity index is 447. The maximum Gasteiger partial charge on any atom is 0.226 e. The molecule has 0 atom stereocenters. The second-order valence-electron chi connectivity index (χ2n) is 5.00. The van der Waals surface area contributed by atoms with Crippen LogP contribution in [0.2, 0.25) is 0 Å². The number of hydrogen-bond donors (Lipinski definition) is 2. The maximum atomic E-state index is 13.0. The van der Waals surface area contributed by atoms with E-state index in [0.717, 1.165) is 6.42 Å². The molecule has 0 heterocycles. The molecule has 4 nitrogen and oxygen atoms in total. The third-order valence-electron chi connectivity index (χ3n) is 2.95. The molecule has 1 aromatic rings. The van der Waals surface area contributed by atoms with Crippen molar-refractivity contribution in [2.45, 2.75) is 39.2 Å². The lowest BCUT2D eigenvalue weighted by atomic mass is 10.1. The lowest BCUT2D eigenvalue weighted by Crippen LogP contribution is -2.25. The van der Waals surface area contributed by atoms with Crippen LogP contribution in [0.1, 0.15) is 33.6 Å². The first-order chi connectivity index (χ1) is 8.84. The SMILES string of the molecule is CCC(C)(C)OCCC(=O)Nc1ccc(F)c(N)c1. The number of carbonyl (C=O) groups is 1. The molecule has 0 aliphatic carbocycles. The van der Waals surface area contributed by atoms with Crippen LogP contribution < -0.4 is 11.1 Å². The molecule has 0 bridgehead atoms. The highest BCUT2D eigenvalue weighted by Crippen LogP contribution is 2.17. The minimum atomic E-state index is -0.494. The van der Waals surface area contributed by atoms with Gasteiger partial charge in [-0.2, -0.15) is 0 Å². The molecule has 0 saturated carbocycles. The van der Waals surface area contributed by atoms with E-state index >= 15 is 0 Å². The smallest absolute Gasteiger partial charge is 0.226 e. The second kappa shape index (κ2) is 6.52. The Morgan fingerprint density at radius 2 is 2.16 bits per heavy atom. The van der Waals surface area contributed by atoms with E-state index in [1.165, 1.54) is 18.2 Å². The van der Waals surface area contributed by atoms with E-state index in [2.05, 4.69) is 5.32 Å². The molecule has 0 fully saturated rings. The third-order valence-corrected chi connectivity index (χ3v) is 2.95. The summed E-state index contributed by atoms with van der Waals surface area (Å²) in [6, 6.07) is 4.09. The van der Waals surface area contributed by atoms with Gasteiger partial charge in [0.1, 0.15) is 5.82 Å². The molecule has 19 heavy (non-hydrogen) atoms. The molecule has 0 saturated heterocycles. The molecule has 5 heteroatoms. The van der Waals surface area contributed by atoms with Crippen LogP contribution in [0.15, 0.2) is 18.2 Å². The van der Waals surface area contributed by atoms with Gasteiger partial charge in [-0.1, -0.05) is 6.92 Å². The van der Waals surface area contributed by atoms with Crippen molar-refractivity contribution in [3.63, 3.8) is 0 Å².